The van der Waals surface area contributed by atoms with Crippen LogP contribution in [0.4, 0.5) is 20.2 Å². The van der Waals surface area contributed by atoms with Crippen LogP contribution < -0.4 is 10.1 Å². The van der Waals surface area contributed by atoms with Gasteiger partial charge in [0.25, 0.3) is 0 Å². The molecule has 2 aromatic rings. The average molecular weight is 347 g/mol. The Kier molecular flexibility index (Phi) is 5.08. The molecule has 0 aliphatic heterocycles. The van der Waals surface area contributed by atoms with E-state index in [1.54, 1.807) is 19.2 Å². The lowest BCUT2D eigenvalue weighted by Gasteiger charge is -2.16. The van der Waals surface area contributed by atoms with Gasteiger partial charge in [-0.05, 0) is 29.7 Å². The van der Waals surface area contributed by atoms with E-state index >= 15 is 0 Å². The van der Waals surface area contributed by atoms with Gasteiger partial charge in [-0.15, -0.1) is 0 Å². The third-order valence-corrected chi connectivity index (χ3v) is 3.81. The van der Waals surface area contributed by atoms with E-state index in [-0.39, 0.29) is 21.7 Å². The Hall–Kier alpha value is -1.59. The van der Waals surface area contributed by atoms with E-state index in [1.807, 2.05) is 19.9 Å². The summed E-state index contributed by atoms with van der Waals surface area (Å²) in [5.41, 5.74) is 1.46. The van der Waals surface area contributed by atoms with Crippen LogP contribution in [0.25, 0.3) is 0 Å². The lowest BCUT2D eigenvalue weighted by atomic mass is 10.0. The largest absolute Gasteiger partial charge is 0.496 e. The number of benzene rings is 1. The molecule has 2 rings (SSSR count). The summed E-state index contributed by atoms with van der Waals surface area (Å²) < 4.78 is 32.2. The number of methoxy groups -OCH3 is 1. The van der Waals surface area contributed by atoms with Gasteiger partial charge < -0.3 is 10.1 Å². The van der Waals surface area contributed by atoms with Crippen LogP contribution in [0.15, 0.2) is 18.2 Å². The minimum Gasteiger partial charge on any atom is -0.496 e. The van der Waals surface area contributed by atoms with E-state index in [2.05, 4.69) is 10.3 Å². The lowest BCUT2D eigenvalue weighted by Crippen LogP contribution is -2.01. The zero-order valence-corrected chi connectivity index (χ0v) is 13.7. The molecule has 1 N–H and O–H groups in total. The molecule has 0 saturated carbocycles. The number of halogens is 4. The fourth-order valence-corrected chi connectivity index (χ4v) is 2.42. The Morgan fingerprint density at radius 1 is 1.14 bits per heavy atom. The number of nitrogens with one attached hydrogen (secondary N) is 1. The van der Waals surface area contributed by atoms with Crippen LogP contribution in [0.1, 0.15) is 25.3 Å². The molecule has 118 valence electrons. The van der Waals surface area contributed by atoms with Crippen LogP contribution in [0, 0.1) is 11.9 Å². The molecule has 0 amide bonds. The summed E-state index contributed by atoms with van der Waals surface area (Å²) in [5.74, 6) is -1.31. The van der Waals surface area contributed by atoms with Gasteiger partial charge in [0, 0.05) is 5.69 Å². The lowest BCUT2D eigenvalue weighted by molar-refractivity contribution is 0.407. The fraction of sp³-hybridized carbons (Fsp3) is 0.267. The Balaban J connectivity index is 2.46. The summed E-state index contributed by atoms with van der Waals surface area (Å²) >= 11 is 11.6. The van der Waals surface area contributed by atoms with Crippen molar-refractivity contribution in [3.05, 3.63) is 45.7 Å². The molecule has 0 aliphatic rings. The molecule has 0 saturated heterocycles. The van der Waals surface area contributed by atoms with Crippen molar-refractivity contribution < 1.29 is 13.5 Å². The molecule has 0 bridgehead atoms. The molecule has 0 radical (unpaired) electrons. The topological polar surface area (TPSA) is 34.1 Å². The molecule has 22 heavy (non-hydrogen) atoms. The van der Waals surface area contributed by atoms with Crippen molar-refractivity contribution in [3.63, 3.8) is 0 Å². The highest BCUT2D eigenvalue weighted by atomic mass is 35.5. The van der Waals surface area contributed by atoms with E-state index in [9.17, 15) is 8.78 Å². The third kappa shape index (κ3) is 3.25. The van der Waals surface area contributed by atoms with Crippen LogP contribution in [0.3, 0.4) is 0 Å². The molecule has 0 fully saturated rings. The fourth-order valence-electron chi connectivity index (χ4n) is 2.00. The van der Waals surface area contributed by atoms with Gasteiger partial charge in [-0.25, -0.2) is 0 Å². The number of ether oxygens (including phenoxy) is 1. The van der Waals surface area contributed by atoms with Crippen molar-refractivity contribution in [2.24, 2.45) is 0 Å². The Labute approximate surface area is 137 Å². The number of pyridine rings is 1. The highest BCUT2D eigenvalue weighted by Gasteiger charge is 2.18. The van der Waals surface area contributed by atoms with Crippen LogP contribution in [-0.4, -0.2) is 12.1 Å². The van der Waals surface area contributed by atoms with Crippen LogP contribution in [-0.2, 0) is 0 Å². The smallest absolute Gasteiger partial charge is 0.236 e. The van der Waals surface area contributed by atoms with Crippen LogP contribution in [0.2, 0.25) is 10.0 Å². The van der Waals surface area contributed by atoms with Gasteiger partial charge in [-0.3, -0.25) is 0 Å². The summed E-state index contributed by atoms with van der Waals surface area (Å²) in [4.78, 5) is 2.99. The van der Waals surface area contributed by atoms with E-state index in [1.165, 1.54) is 0 Å². The molecule has 0 aliphatic carbocycles. The highest BCUT2D eigenvalue weighted by Crippen LogP contribution is 2.37. The Bertz CT molecular complexity index is 682. The normalized spacial score (nSPS) is 10.9. The van der Waals surface area contributed by atoms with Crippen molar-refractivity contribution in [1.82, 2.24) is 4.98 Å². The van der Waals surface area contributed by atoms with E-state index < -0.39 is 11.9 Å². The summed E-state index contributed by atoms with van der Waals surface area (Å²) in [5, 5.41) is 2.09. The number of hydrogen-bond acceptors (Lipinski definition) is 3. The predicted molar refractivity (Wildman–Crippen MR) is 84.5 cm³/mol. The first-order valence-electron chi connectivity index (χ1n) is 6.50. The highest BCUT2D eigenvalue weighted by molar-refractivity contribution is 6.39. The molecule has 0 unspecified atom stereocenters. The van der Waals surface area contributed by atoms with Gasteiger partial charge in [0.15, 0.2) is 0 Å². The monoisotopic (exact) mass is 346 g/mol. The first kappa shape index (κ1) is 16.8. The first-order valence-corrected chi connectivity index (χ1v) is 7.25. The minimum absolute atomic E-state index is 0.0618. The number of nitrogens with zero attached hydrogens (tertiary/aromatic N) is 1. The SMILES string of the molecule is COc1ccc(Nc2c(Cl)c(F)nc(F)c2Cl)cc1C(C)C. The zero-order valence-electron chi connectivity index (χ0n) is 12.2. The van der Waals surface area contributed by atoms with Crippen LogP contribution >= 0.6 is 23.2 Å². The number of hydrogen-bond donors (Lipinski definition) is 1. The quantitative estimate of drug-likeness (QED) is 0.737. The molecule has 0 spiro atoms. The maximum absolute atomic E-state index is 13.4. The van der Waals surface area contributed by atoms with E-state index in [4.69, 9.17) is 27.9 Å². The van der Waals surface area contributed by atoms with E-state index in [0.717, 1.165) is 11.3 Å². The molecular weight excluding hydrogens is 333 g/mol. The van der Waals surface area contributed by atoms with Crippen LogP contribution in [0.5, 0.6) is 5.75 Å². The number of aromatic nitrogens is 1. The van der Waals surface area contributed by atoms with Gasteiger partial charge in [0.05, 0.1) is 12.8 Å². The Morgan fingerprint density at radius 2 is 1.73 bits per heavy atom. The van der Waals surface area contributed by atoms with E-state index in [0.29, 0.717) is 5.69 Å². The molecule has 0 atom stereocenters. The molecule has 7 heteroatoms. The van der Waals surface area contributed by atoms with Crippen molar-refractivity contribution in [2.45, 2.75) is 19.8 Å². The summed E-state index contributed by atoms with van der Waals surface area (Å²) in [6, 6.07) is 5.27. The molecule has 1 aromatic carbocycles. The summed E-state index contributed by atoms with van der Waals surface area (Å²) in [6.07, 6.45) is 0. The molecule has 1 aromatic heterocycles. The average Bonchev–Trinajstić information content (AvgIpc) is 2.49. The summed E-state index contributed by atoms with van der Waals surface area (Å²) in [7, 11) is 1.58. The second-order valence-corrected chi connectivity index (χ2v) is 5.69. The molecule has 1 heterocycles. The van der Waals surface area contributed by atoms with Gasteiger partial charge >= 0.3 is 0 Å². The second kappa shape index (κ2) is 6.67. The standard InChI is InChI=1S/C15H14Cl2F2N2O/c1-7(2)9-6-8(4-5-10(9)22-3)20-13-11(16)14(18)21-15(19)12(13)17/h4-7H,1-3H3,(H,20,21). The minimum atomic E-state index is -1.12. The van der Waals surface area contributed by atoms with Gasteiger partial charge in [0.2, 0.25) is 11.9 Å². The van der Waals surface area contributed by atoms with Gasteiger partial charge in [-0.1, -0.05) is 37.0 Å². The van der Waals surface area contributed by atoms with Crippen molar-refractivity contribution in [2.75, 3.05) is 12.4 Å². The molecule has 3 nitrogen and oxygen atoms in total. The van der Waals surface area contributed by atoms with Crippen molar-refractivity contribution >= 4 is 34.6 Å². The number of rotatable bonds is 4. The second-order valence-electron chi connectivity index (χ2n) is 4.93. The van der Waals surface area contributed by atoms with Crippen molar-refractivity contribution in [3.8, 4) is 5.75 Å². The third-order valence-electron chi connectivity index (χ3n) is 3.12. The first-order chi connectivity index (χ1) is 10.3. The predicted octanol–water partition coefficient (Wildman–Crippen LogP) is 5.54. The molecular formula is C15H14Cl2F2N2O. The zero-order chi connectivity index (χ0) is 16.4. The maximum atomic E-state index is 13.4. The summed E-state index contributed by atoms with van der Waals surface area (Å²) in [6.45, 7) is 4.01. The maximum Gasteiger partial charge on any atom is 0.236 e. The Morgan fingerprint density at radius 3 is 2.23 bits per heavy atom. The number of anilines is 2. The van der Waals surface area contributed by atoms with Gasteiger partial charge in [0.1, 0.15) is 15.8 Å². The van der Waals surface area contributed by atoms with Crippen molar-refractivity contribution in [1.29, 1.82) is 0 Å². The van der Waals surface area contributed by atoms with Gasteiger partial charge in [-0.2, -0.15) is 13.8 Å².